The van der Waals surface area contributed by atoms with Crippen molar-refractivity contribution in [1.82, 2.24) is 9.55 Å². The van der Waals surface area contributed by atoms with E-state index < -0.39 is 8.32 Å². The van der Waals surface area contributed by atoms with Gasteiger partial charge in [-0.25, -0.2) is 0 Å². The molecule has 1 fully saturated rings. The minimum Gasteiger partial charge on any atom is -0.413 e. The summed E-state index contributed by atoms with van der Waals surface area (Å²) >= 11 is 0. The van der Waals surface area contributed by atoms with E-state index in [9.17, 15) is 0 Å². The number of ether oxygens (including phenoxy) is 1. The first-order valence-corrected chi connectivity index (χ1v) is 12.2. The summed E-state index contributed by atoms with van der Waals surface area (Å²) in [7, 11) is -1.82. The molecule has 0 N–H and O–H groups in total. The molecule has 0 aliphatic carbocycles. The summed E-state index contributed by atoms with van der Waals surface area (Å²) in [4.78, 5) is 4.20. The lowest BCUT2D eigenvalue weighted by atomic mass is 10.2. The highest BCUT2D eigenvalue weighted by molar-refractivity contribution is 6.77. The number of hydrogen-bond acceptors (Lipinski definition) is 3. The number of hydrogen-bond donors (Lipinski definition) is 0. The third-order valence-electron chi connectivity index (χ3n) is 6.14. The van der Waals surface area contributed by atoms with Crippen molar-refractivity contribution in [1.29, 1.82) is 0 Å². The Morgan fingerprint density at radius 1 is 1.12 bits per heavy atom. The van der Waals surface area contributed by atoms with Crippen molar-refractivity contribution in [3.63, 3.8) is 0 Å². The molecule has 5 heteroatoms. The highest BCUT2D eigenvalue weighted by atomic mass is 28.4. The molecule has 144 valence electrons. The molecule has 2 atom stereocenters. The van der Waals surface area contributed by atoms with E-state index in [1.54, 1.807) is 0 Å². The standard InChI is InChI=1S/C21H34N2O2Si/c1-15(2)26(16(3)4,17(5)6)24-14-19-7-8-21(25-19)23-12-10-18-13-22-11-9-20(18)23/h9-13,15-17,19,21H,7-8,14H2,1-6H3/t19-,21-/m1/s1. The summed E-state index contributed by atoms with van der Waals surface area (Å²) in [5.74, 6) is 0. The Bertz CT molecular complexity index is 704. The molecule has 0 aromatic carbocycles. The van der Waals surface area contributed by atoms with Crippen LogP contribution in [0.5, 0.6) is 0 Å². The van der Waals surface area contributed by atoms with Gasteiger partial charge in [-0.3, -0.25) is 4.98 Å². The molecule has 0 saturated carbocycles. The predicted molar refractivity (Wildman–Crippen MR) is 110 cm³/mol. The van der Waals surface area contributed by atoms with Gasteiger partial charge in [-0.05, 0) is 41.6 Å². The molecule has 0 radical (unpaired) electrons. The minimum absolute atomic E-state index is 0.108. The van der Waals surface area contributed by atoms with Crippen LogP contribution in [0.15, 0.2) is 30.7 Å². The highest BCUT2D eigenvalue weighted by Crippen LogP contribution is 2.43. The van der Waals surface area contributed by atoms with Crippen molar-refractivity contribution in [2.24, 2.45) is 0 Å². The van der Waals surface area contributed by atoms with Crippen molar-refractivity contribution < 1.29 is 9.16 Å². The fraction of sp³-hybridized carbons (Fsp3) is 0.667. The first kappa shape index (κ1) is 19.6. The minimum atomic E-state index is -1.82. The molecule has 2 aromatic rings. The average molecular weight is 375 g/mol. The lowest BCUT2D eigenvalue weighted by Gasteiger charge is -2.42. The number of nitrogens with zero attached hydrogens (tertiary/aromatic N) is 2. The van der Waals surface area contributed by atoms with Crippen LogP contribution in [0.4, 0.5) is 0 Å². The molecule has 0 amide bonds. The van der Waals surface area contributed by atoms with Crippen LogP contribution >= 0.6 is 0 Å². The second-order valence-electron chi connectivity index (χ2n) is 8.58. The van der Waals surface area contributed by atoms with E-state index in [-0.39, 0.29) is 12.3 Å². The van der Waals surface area contributed by atoms with Crippen LogP contribution < -0.4 is 0 Å². The van der Waals surface area contributed by atoms with E-state index in [0.717, 1.165) is 19.4 Å². The normalized spacial score (nSPS) is 21.6. The Labute approximate surface area is 159 Å². The number of rotatable bonds is 7. The molecule has 3 rings (SSSR count). The largest absolute Gasteiger partial charge is 0.413 e. The van der Waals surface area contributed by atoms with Crippen LogP contribution in [0.3, 0.4) is 0 Å². The molecule has 1 saturated heterocycles. The SMILES string of the molecule is CC(C)[Si](OC[C@H]1CC[C@H](n2ccc3cnccc32)O1)(C(C)C)C(C)C. The maximum Gasteiger partial charge on any atom is 0.200 e. The van der Waals surface area contributed by atoms with Gasteiger partial charge in [0.2, 0.25) is 0 Å². The molecule has 1 aliphatic heterocycles. The zero-order chi connectivity index (χ0) is 18.9. The number of fused-ring (bicyclic) bond motifs is 1. The quantitative estimate of drug-likeness (QED) is 0.566. The maximum absolute atomic E-state index is 6.75. The van der Waals surface area contributed by atoms with E-state index in [1.165, 1.54) is 10.9 Å². The Morgan fingerprint density at radius 3 is 2.46 bits per heavy atom. The van der Waals surface area contributed by atoms with Crippen LogP contribution in [-0.2, 0) is 9.16 Å². The summed E-state index contributed by atoms with van der Waals surface area (Å²) in [5.41, 5.74) is 3.03. The van der Waals surface area contributed by atoms with Crippen LogP contribution in [0.2, 0.25) is 16.6 Å². The van der Waals surface area contributed by atoms with Gasteiger partial charge in [-0.15, -0.1) is 0 Å². The fourth-order valence-electron chi connectivity index (χ4n) is 5.01. The summed E-state index contributed by atoms with van der Waals surface area (Å²) < 4.78 is 15.4. The maximum atomic E-state index is 6.75. The Balaban J connectivity index is 1.67. The van der Waals surface area contributed by atoms with Crippen LogP contribution in [0.25, 0.3) is 10.9 Å². The molecule has 1 aliphatic rings. The van der Waals surface area contributed by atoms with Crippen LogP contribution in [-0.4, -0.2) is 30.6 Å². The van der Waals surface area contributed by atoms with Gasteiger partial charge in [-0.1, -0.05) is 41.5 Å². The van der Waals surface area contributed by atoms with Gasteiger partial charge in [0.05, 0.1) is 18.2 Å². The zero-order valence-corrected chi connectivity index (χ0v) is 18.1. The Morgan fingerprint density at radius 2 is 1.81 bits per heavy atom. The lowest BCUT2D eigenvalue weighted by Crippen LogP contribution is -2.49. The van der Waals surface area contributed by atoms with E-state index in [1.807, 2.05) is 12.4 Å². The number of pyridine rings is 1. The van der Waals surface area contributed by atoms with Gasteiger partial charge < -0.3 is 13.7 Å². The Kier molecular flexibility index (Phi) is 5.90. The third-order valence-corrected chi connectivity index (χ3v) is 12.2. The molecule has 0 unspecified atom stereocenters. The topological polar surface area (TPSA) is 36.3 Å². The first-order chi connectivity index (χ1) is 12.4. The fourth-order valence-corrected chi connectivity index (χ4v) is 10.5. The molecular formula is C21H34N2O2Si. The summed E-state index contributed by atoms with van der Waals surface area (Å²) in [6.07, 6.45) is 8.29. The smallest absolute Gasteiger partial charge is 0.200 e. The van der Waals surface area contributed by atoms with Gasteiger partial charge in [0.1, 0.15) is 6.23 Å². The first-order valence-electron chi connectivity index (χ1n) is 10.1. The molecule has 0 bridgehead atoms. The van der Waals surface area contributed by atoms with Crippen molar-refractivity contribution in [2.45, 2.75) is 83.3 Å². The Hall–Kier alpha value is -1.17. The van der Waals surface area contributed by atoms with Crippen LogP contribution in [0, 0.1) is 0 Å². The van der Waals surface area contributed by atoms with Crippen molar-refractivity contribution in [3.05, 3.63) is 30.7 Å². The monoisotopic (exact) mass is 374 g/mol. The predicted octanol–water partition coefficient (Wildman–Crippen LogP) is 5.91. The third kappa shape index (κ3) is 3.49. The lowest BCUT2D eigenvalue weighted by molar-refractivity contribution is -0.0183. The van der Waals surface area contributed by atoms with Crippen LogP contribution in [0.1, 0.15) is 60.6 Å². The van der Waals surface area contributed by atoms with Gasteiger partial charge in [0.15, 0.2) is 8.32 Å². The molecule has 3 heterocycles. The van der Waals surface area contributed by atoms with Gasteiger partial charge >= 0.3 is 0 Å². The highest BCUT2D eigenvalue weighted by Gasteiger charge is 2.45. The summed E-state index contributed by atoms with van der Waals surface area (Å²) in [6.45, 7) is 14.8. The average Bonchev–Trinajstić information content (AvgIpc) is 3.20. The van der Waals surface area contributed by atoms with E-state index in [0.29, 0.717) is 16.6 Å². The molecule has 26 heavy (non-hydrogen) atoms. The molecule has 2 aromatic heterocycles. The molecule has 0 spiro atoms. The van der Waals surface area contributed by atoms with E-state index >= 15 is 0 Å². The second-order valence-corrected chi connectivity index (χ2v) is 14.0. The molecule has 4 nitrogen and oxygen atoms in total. The van der Waals surface area contributed by atoms with E-state index in [4.69, 9.17) is 9.16 Å². The zero-order valence-electron chi connectivity index (χ0n) is 17.1. The van der Waals surface area contributed by atoms with Crippen molar-refractivity contribution in [2.75, 3.05) is 6.61 Å². The summed E-state index contributed by atoms with van der Waals surface area (Å²) in [6, 6.07) is 4.18. The number of aromatic nitrogens is 2. The van der Waals surface area contributed by atoms with Crippen molar-refractivity contribution >= 4 is 19.2 Å². The second kappa shape index (κ2) is 7.83. The van der Waals surface area contributed by atoms with Gasteiger partial charge in [0, 0.05) is 24.0 Å². The van der Waals surface area contributed by atoms with Gasteiger partial charge in [0.25, 0.3) is 0 Å². The molecular weight excluding hydrogens is 340 g/mol. The van der Waals surface area contributed by atoms with Crippen molar-refractivity contribution in [3.8, 4) is 0 Å². The van der Waals surface area contributed by atoms with E-state index in [2.05, 4.69) is 69.4 Å². The summed E-state index contributed by atoms with van der Waals surface area (Å²) in [5, 5.41) is 1.17. The van der Waals surface area contributed by atoms with Gasteiger partial charge in [-0.2, -0.15) is 0 Å².